The minimum Gasteiger partial charge on any atom is -0.315 e. The van der Waals surface area contributed by atoms with Gasteiger partial charge in [-0.2, -0.15) is 0 Å². The molecule has 0 aliphatic carbocycles. The van der Waals surface area contributed by atoms with Crippen molar-refractivity contribution >= 4 is 11.2 Å². The van der Waals surface area contributed by atoms with Crippen LogP contribution in [0.2, 0.25) is 0 Å². The van der Waals surface area contributed by atoms with Crippen LogP contribution in [-0.4, -0.2) is 27.6 Å². The maximum atomic E-state index is 4.87. The zero-order valence-electron chi connectivity index (χ0n) is 12.8. The van der Waals surface area contributed by atoms with Crippen LogP contribution in [-0.2, 0) is 6.42 Å². The van der Waals surface area contributed by atoms with Gasteiger partial charge < -0.3 is 9.88 Å². The number of aryl methyl sites for hydroxylation is 1. The van der Waals surface area contributed by atoms with Gasteiger partial charge in [-0.25, -0.2) is 9.97 Å². The van der Waals surface area contributed by atoms with Crippen molar-refractivity contribution in [1.82, 2.24) is 19.9 Å². The molecule has 1 aliphatic rings. The molecule has 2 aromatic heterocycles. The van der Waals surface area contributed by atoms with Gasteiger partial charge >= 0.3 is 0 Å². The van der Waals surface area contributed by atoms with Crippen LogP contribution in [0.1, 0.15) is 29.4 Å². The predicted octanol–water partition coefficient (Wildman–Crippen LogP) is 2.86. The molecule has 0 amide bonds. The topological polar surface area (TPSA) is 42.7 Å². The smallest absolute Gasteiger partial charge is 0.160 e. The van der Waals surface area contributed by atoms with Gasteiger partial charge in [-0.3, -0.25) is 0 Å². The maximum Gasteiger partial charge on any atom is 0.160 e. The van der Waals surface area contributed by atoms with Gasteiger partial charge in [0.2, 0.25) is 0 Å². The number of hydrogen-bond donors (Lipinski definition) is 1. The van der Waals surface area contributed by atoms with Gasteiger partial charge in [0, 0.05) is 19.2 Å². The van der Waals surface area contributed by atoms with Crippen LogP contribution >= 0.6 is 0 Å². The summed E-state index contributed by atoms with van der Waals surface area (Å²) in [6, 6.07) is 13.0. The first kappa shape index (κ1) is 13.5. The number of hydrogen-bond acceptors (Lipinski definition) is 3. The molecule has 112 valence electrons. The summed E-state index contributed by atoms with van der Waals surface area (Å²) >= 11 is 0. The van der Waals surface area contributed by atoms with E-state index in [4.69, 9.17) is 4.98 Å². The lowest BCUT2D eigenvalue weighted by Crippen LogP contribution is -2.16. The molecular formula is C18H20N4. The fraction of sp³-hybridized carbons (Fsp3) is 0.333. The van der Waals surface area contributed by atoms with Crippen molar-refractivity contribution in [1.29, 1.82) is 0 Å². The standard InChI is InChI=1S/C18H20N4/c1-13-5-2-3-6-14(13)11-17-21-16-7-4-9-20-18(16)22(17)15-8-10-19-12-15/h2-7,9,15,19H,8,10-12H2,1H3. The molecule has 3 heterocycles. The number of nitrogens with one attached hydrogen (secondary N) is 1. The molecule has 3 aromatic rings. The zero-order chi connectivity index (χ0) is 14.9. The predicted molar refractivity (Wildman–Crippen MR) is 88.0 cm³/mol. The third-order valence-corrected chi connectivity index (χ3v) is 4.53. The summed E-state index contributed by atoms with van der Waals surface area (Å²) in [6.07, 6.45) is 3.86. The van der Waals surface area contributed by atoms with E-state index >= 15 is 0 Å². The first-order valence-electron chi connectivity index (χ1n) is 7.90. The SMILES string of the molecule is Cc1ccccc1Cc1nc2cccnc2n1C1CCNC1. The van der Waals surface area contributed by atoms with Crippen LogP contribution in [0.3, 0.4) is 0 Å². The third-order valence-electron chi connectivity index (χ3n) is 4.53. The van der Waals surface area contributed by atoms with E-state index in [0.29, 0.717) is 6.04 Å². The van der Waals surface area contributed by atoms with Crippen LogP contribution < -0.4 is 5.32 Å². The summed E-state index contributed by atoms with van der Waals surface area (Å²) in [5, 5.41) is 3.45. The fourth-order valence-corrected chi connectivity index (χ4v) is 3.32. The van der Waals surface area contributed by atoms with E-state index in [1.54, 1.807) is 0 Å². The molecule has 4 rings (SSSR count). The Bertz CT molecular complexity index is 800. The monoisotopic (exact) mass is 292 g/mol. The highest BCUT2D eigenvalue weighted by atomic mass is 15.2. The Morgan fingerprint density at radius 3 is 2.95 bits per heavy atom. The third kappa shape index (κ3) is 2.29. The average molecular weight is 292 g/mol. The number of fused-ring (bicyclic) bond motifs is 1. The first-order valence-corrected chi connectivity index (χ1v) is 7.90. The van der Waals surface area contributed by atoms with Crippen LogP contribution in [0.5, 0.6) is 0 Å². The maximum absolute atomic E-state index is 4.87. The Morgan fingerprint density at radius 1 is 1.23 bits per heavy atom. The molecule has 1 N–H and O–H groups in total. The van der Waals surface area contributed by atoms with Gasteiger partial charge in [0.05, 0.1) is 6.04 Å². The average Bonchev–Trinajstić information content (AvgIpc) is 3.16. The Balaban J connectivity index is 1.82. The number of pyridine rings is 1. The lowest BCUT2D eigenvalue weighted by atomic mass is 10.1. The molecular weight excluding hydrogens is 272 g/mol. The van der Waals surface area contributed by atoms with Gasteiger partial charge in [0.1, 0.15) is 11.3 Å². The zero-order valence-corrected chi connectivity index (χ0v) is 12.8. The first-order chi connectivity index (χ1) is 10.8. The van der Waals surface area contributed by atoms with Crippen molar-refractivity contribution < 1.29 is 0 Å². The molecule has 1 unspecified atom stereocenters. The van der Waals surface area contributed by atoms with Gasteiger partial charge in [-0.15, -0.1) is 0 Å². The summed E-state index contributed by atoms with van der Waals surface area (Å²) in [5.74, 6) is 1.12. The Labute approximate surface area is 130 Å². The second-order valence-corrected chi connectivity index (χ2v) is 5.99. The molecule has 0 radical (unpaired) electrons. The largest absolute Gasteiger partial charge is 0.315 e. The Kier molecular flexibility index (Phi) is 3.39. The van der Waals surface area contributed by atoms with E-state index in [-0.39, 0.29) is 0 Å². The van der Waals surface area contributed by atoms with Crippen LogP contribution in [0.4, 0.5) is 0 Å². The van der Waals surface area contributed by atoms with Crippen LogP contribution in [0, 0.1) is 6.92 Å². The van der Waals surface area contributed by atoms with Gasteiger partial charge in [-0.05, 0) is 43.1 Å². The molecule has 1 atom stereocenters. The van der Waals surface area contributed by atoms with Crippen molar-refractivity contribution in [3.63, 3.8) is 0 Å². The minimum absolute atomic E-state index is 0.457. The molecule has 0 bridgehead atoms. The van der Waals surface area contributed by atoms with E-state index in [2.05, 4.69) is 52.1 Å². The highest BCUT2D eigenvalue weighted by Gasteiger charge is 2.23. The van der Waals surface area contributed by atoms with E-state index in [9.17, 15) is 0 Å². The van der Waals surface area contributed by atoms with Crippen molar-refractivity contribution in [3.05, 3.63) is 59.5 Å². The van der Waals surface area contributed by atoms with Crippen molar-refractivity contribution in [2.75, 3.05) is 13.1 Å². The lowest BCUT2D eigenvalue weighted by molar-refractivity contribution is 0.538. The molecule has 1 aliphatic heterocycles. The summed E-state index contributed by atoms with van der Waals surface area (Å²) in [7, 11) is 0. The van der Waals surface area contributed by atoms with E-state index in [1.807, 2.05) is 12.3 Å². The highest BCUT2D eigenvalue weighted by Crippen LogP contribution is 2.25. The van der Waals surface area contributed by atoms with Crippen molar-refractivity contribution in [2.45, 2.75) is 25.8 Å². The van der Waals surface area contributed by atoms with Gasteiger partial charge in [0.25, 0.3) is 0 Å². The van der Waals surface area contributed by atoms with Gasteiger partial charge in [0.15, 0.2) is 5.65 Å². The van der Waals surface area contributed by atoms with Crippen LogP contribution in [0.25, 0.3) is 11.2 Å². The van der Waals surface area contributed by atoms with Crippen molar-refractivity contribution in [2.24, 2.45) is 0 Å². The summed E-state index contributed by atoms with van der Waals surface area (Å²) in [4.78, 5) is 9.45. The molecule has 1 fully saturated rings. The molecule has 4 nitrogen and oxygen atoms in total. The second-order valence-electron chi connectivity index (χ2n) is 5.99. The molecule has 1 saturated heterocycles. The lowest BCUT2D eigenvalue weighted by Gasteiger charge is -2.15. The van der Waals surface area contributed by atoms with E-state index in [1.165, 1.54) is 11.1 Å². The van der Waals surface area contributed by atoms with Crippen LogP contribution in [0.15, 0.2) is 42.6 Å². The molecule has 22 heavy (non-hydrogen) atoms. The Morgan fingerprint density at radius 2 is 2.14 bits per heavy atom. The van der Waals surface area contributed by atoms with Crippen molar-refractivity contribution in [3.8, 4) is 0 Å². The summed E-state index contributed by atoms with van der Waals surface area (Å²) in [5.41, 5.74) is 4.67. The summed E-state index contributed by atoms with van der Waals surface area (Å²) in [6.45, 7) is 4.24. The number of nitrogens with zero attached hydrogens (tertiary/aromatic N) is 3. The minimum atomic E-state index is 0.457. The highest BCUT2D eigenvalue weighted by molar-refractivity contribution is 5.71. The number of aromatic nitrogens is 3. The normalized spacial score (nSPS) is 18.1. The van der Waals surface area contributed by atoms with E-state index < -0.39 is 0 Å². The Hall–Kier alpha value is -2.20. The molecule has 4 heteroatoms. The molecule has 0 saturated carbocycles. The quantitative estimate of drug-likeness (QED) is 0.807. The number of benzene rings is 1. The van der Waals surface area contributed by atoms with Gasteiger partial charge in [-0.1, -0.05) is 24.3 Å². The van der Waals surface area contributed by atoms with E-state index in [0.717, 1.165) is 42.9 Å². The fourth-order valence-electron chi connectivity index (χ4n) is 3.32. The summed E-state index contributed by atoms with van der Waals surface area (Å²) < 4.78 is 2.35. The number of imidazole rings is 1. The second kappa shape index (κ2) is 5.54. The number of rotatable bonds is 3. The molecule has 1 aromatic carbocycles. The molecule has 0 spiro atoms.